The molecule has 1 aromatic heterocycles. The number of halogens is 7. The van der Waals surface area contributed by atoms with Crippen molar-refractivity contribution in [3.63, 3.8) is 0 Å². The SMILES string of the molecule is Cc1cc(-c2cc(NC(=O)Cc3c(F)cccc3C(F)(F)F)cc(C(F)(F)F)c2)cc(C)n1. The van der Waals surface area contributed by atoms with E-state index in [1.54, 1.807) is 26.0 Å². The molecule has 3 nitrogen and oxygen atoms in total. The van der Waals surface area contributed by atoms with Gasteiger partial charge in [0.15, 0.2) is 0 Å². The Bertz CT molecular complexity index is 1180. The minimum absolute atomic E-state index is 0.121. The monoisotopic (exact) mass is 470 g/mol. The van der Waals surface area contributed by atoms with Gasteiger partial charge in [0.2, 0.25) is 5.91 Å². The fourth-order valence-electron chi connectivity index (χ4n) is 3.40. The van der Waals surface area contributed by atoms with Crippen LogP contribution in [0.25, 0.3) is 11.1 Å². The lowest BCUT2D eigenvalue weighted by Gasteiger charge is -2.15. The van der Waals surface area contributed by atoms with Gasteiger partial charge in [-0.2, -0.15) is 26.3 Å². The van der Waals surface area contributed by atoms with E-state index in [2.05, 4.69) is 10.3 Å². The van der Waals surface area contributed by atoms with E-state index >= 15 is 0 Å². The summed E-state index contributed by atoms with van der Waals surface area (Å²) in [6.45, 7) is 3.33. The molecule has 2 aromatic carbocycles. The number of benzene rings is 2. The van der Waals surface area contributed by atoms with Gasteiger partial charge in [-0.25, -0.2) is 4.39 Å². The van der Waals surface area contributed by atoms with E-state index in [9.17, 15) is 35.5 Å². The first-order chi connectivity index (χ1) is 15.2. The molecule has 10 heteroatoms. The summed E-state index contributed by atoms with van der Waals surface area (Å²) in [6.07, 6.45) is -10.7. The molecule has 0 spiro atoms. The summed E-state index contributed by atoms with van der Waals surface area (Å²) < 4.78 is 93.9. The zero-order valence-corrected chi connectivity index (χ0v) is 17.3. The molecule has 0 saturated carbocycles. The molecular weight excluding hydrogens is 453 g/mol. The smallest absolute Gasteiger partial charge is 0.326 e. The number of amides is 1. The number of anilines is 1. The first-order valence-corrected chi connectivity index (χ1v) is 9.56. The molecular formula is C23H17F7N2O. The summed E-state index contributed by atoms with van der Waals surface area (Å²) >= 11 is 0. The lowest BCUT2D eigenvalue weighted by Crippen LogP contribution is -2.19. The van der Waals surface area contributed by atoms with Crippen molar-refractivity contribution in [3.05, 3.63) is 82.4 Å². The molecule has 0 aliphatic carbocycles. The van der Waals surface area contributed by atoms with E-state index < -0.39 is 47.2 Å². The minimum atomic E-state index is -4.90. The standard InChI is InChI=1S/C23H17F7N2O/c1-12-6-14(7-13(2)31-12)15-8-16(22(25,26)27)10-17(9-15)32-21(33)11-18-19(23(28,29)30)4-3-5-20(18)24/h3-10H,11H2,1-2H3,(H,32,33). The topological polar surface area (TPSA) is 42.0 Å². The molecule has 0 radical (unpaired) electrons. The predicted octanol–water partition coefficient (Wildman–Crippen LogP) is 6.72. The first kappa shape index (κ1) is 24.2. The van der Waals surface area contributed by atoms with Crippen LogP contribution in [0.4, 0.5) is 36.4 Å². The fraction of sp³-hybridized carbons (Fsp3) is 0.217. The fourth-order valence-corrected chi connectivity index (χ4v) is 3.40. The third-order valence-corrected chi connectivity index (χ3v) is 4.72. The lowest BCUT2D eigenvalue weighted by atomic mass is 10.0. The van der Waals surface area contributed by atoms with Crippen LogP contribution in [-0.4, -0.2) is 10.9 Å². The third kappa shape index (κ3) is 5.88. The van der Waals surface area contributed by atoms with Gasteiger partial charge in [-0.15, -0.1) is 0 Å². The molecule has 0 unspecified atom stereocenters. The molecule has 1 N–H and O–H groups in total. The van der Waals surface area contributed by atoms with Gasteiger partial charge in [-0.05, 0) is 67.4 Å². The van der Waals surface area contributed by atoms with Crippen molar-refractivity contribution in [1.82, 2.24) is 4.98 Å². The Balaban J connectivity index is 1.98. The van der Waals surface area contributed by atoms with E-state index in [1.807, 2.05) is 0 Å². The number of rotatable bonds is 4. The molecule has 1 amide bonds. The molecule has 33 heavy (non-hydrogen) atoms. The zero-order chi connectivity index (χ0) is 24.6. The number of nitrogens with zero attached hydrogens (tertiary/aromatic N) is 1. The minimum Gasteiger partial charge on any atom is -0.326 e. The summed E-state index contributed by atoms with van der Waals surface area (Å²) in [5.41, 5.74) is -1.92. The summed E-state index contributed by atoms with van der Waals surface area (Å²) in [7, 11) is 0. The number of aromatic nitrogens is 1. The molecule has 3 aromatic rings. The van der Waals surface area contributed by atoms with Gasteiger partial charge in [0, 0.05) is 22.6 Å². The number of aryl methyl sites for hydroxylation is 2. The van der Waals surface area contributed by atoms with Crippen molar-refractivity contribution in [2.45, 2.75) is 32.6 Å². The highest BCUT2D eigenvalue weighted by molar-refractivity contribution is 5.93. The van der Waals surface area contributed by atoms with Crippen LogP contribution in [0.1, 0.15) is 28.1 Å². The number of carbonyl (C=O) groups is 1. The van der Waals surface area contributed by atoms with Crippen LogP contribution in [0.15, 0.2) is 48.5 Å². The number of carbonyl (C=O) groups excluding carboxylic acids is 1. The largest absolute Gasteiger partial charge is 0.416 e. The Morgan fingerprint density at radius 3 is 2.06 bits per heavy atom. The molecule has 174 valence electrons. The number of hydrogen-bond acceptors (Lipinski definition) is 2. The van der Waals surface area contributed by atoms with Crippen molar-refractivity contribution in [2.24, 2.45) is 0 Å². The van der Waals surface area contributed by atoms with Gasteiger partial charge in [0.25, 0.3) is 0 Å². The van der Waals surface area contributed by atoms with Gasteiger partial charge in [0.1, 0.15) is 5.82 Å². The molecule has 0 saturated heterocycles. The quantitative estimate of drug-likeness (QED) is 0.430. The summed E-state index contributed by atoms with van der Waals surface area (Å²) in [6, 6.07) is 8.18. The second-order valence-electron chi connectivity index (χ2n) is 7.42. The van der Waals surface area contributed by atoms with Crippen molar-refractivity contribution >= 4 is 11.6 Å². The van der Waals surface area contributed by atoms with Crippen molar-refractivity contribution in [1.29, 1.82) is 0 Å². The highest BCUT2D eigenvalue weighted by atomic mass is 19.4. The normalized spacial score (nSPS) is 12.0. The Kier molecular flexibility index (Phi) is 6.49. The molecule has 0 aliphatic rings. The molecule has 0 aliphatic heterocycles. The second kappa shape index (κ2) is 8.84. The summed E-state index contributed by atoms with van der Waals surface area (Å²) in [5.74, 6) is -2.34. The Morgan fingerprint density at radius 1 is 0.879 bits per heavy atom. The molecule has 0 fully saturated rings. The number of nitrogens with one attached hydrogen (secondary N) is 1. The number of hydrogen-bond donors (Lipinski definition) is 1. The Hall–Kier alpha value is -3.43. The highest BCUT2D eigenvalue weighted by Gasteiger charge is 2.35. The van der Waals surface area contributed by atoms with E-state index in [0.717, 1.165) is 18.2 Å². The third-order valence-electron chi connectivity index (χ3n) is 4.72. The van der Waals surface area contributed by atoms with Crippen LogP contribution < -0.4 is 5.32 Å². The van der Waals surface area contributed by atoms with Crippen LogP contribution >= 0.6 is 0 Å². The van der Waals surface area contributed by atoms with E-state index in [-0.39, 0.29) is 11.3 Å². The van der Waals surface area contributed by atoms with Crippen molar-refractivity contribution in [3.8, 4) is 11.1 Å². The zero-order valence-electron chi connectivity index (χ0n) is 17.3. The van der Waals surface area contributed by atoms with E-state index in [1.165, 1.54) is 6.07 Å². The maximum absolute atomic E-state index is 14.0. The van der Waals surface area contributed by atoms with E-state index in [4.69, 9.17) is 0 Å². The van der Waals surface area contributed by atoms with Crippen LogP contribution in [0.2, 0.25) is 0 Å². The van der Waals surface area contributed by atoms with Gasteiger partial charge in [-0.3, -0.25) is 9.78 Å². The van der Waals surface area contributed by atoms with E-state index in [0.29, 0.717) is 29.1 Å². The lowest BCUT2D eigenvalue weighted by molar-refractivity contribution is -0.139. The number of pyridine rings is 1. The van der Waals surface area contributed by atoms with Crippen molar-refractivity contribution < 1.29 is 35.5 Å². The molecule has 0 atom stereocenters. The molecule has 3 rings (SSSR count). The first-order valence-electron chi connectivity index (χ1n) is 9.56. The average molecular weight is 470 g/mol. The maximum Gasteiger partial charge on any atom is 0.416 e. The summed E-state index contributed by atoms with van der Waals surface area (Å²) in [5, 5.41) is 2.16. The Labute approximate surface area is 184 Å². The van der Waals surface area contributed by atoms with Crippen LogP contribution in [0.3, 0.4) is 0 Å². The predicted molar refractivity (Wildman–Crippen MR) is 108 cm³/mol. The van der Waals surface area contributed by atoms with Crippen LogP contribution in [0.5, 0.6) is 0 Å². The van der Waals surface area contributed by atoms with Crippen molar-refractivity contribution in [2.75, 3.05) is 5.32 Å². The number of alkyl halides is 6. The van der Waals surface area contributed by atoms with Gasteiger partial charge < -0.3 is 5.32 Å². The Morgan fingerprint density at radius 2 is 1.48 bits per heavy atom. The average Bonchev–Trinajstić information content (AvgIpc) is 2.67. The van der Waals surface area contributed by atoms with Gasteiger partial charge in [0.05, 0.1) is 17.5 Å². The molecule has 1 heterocycles. The second-order valence-corrected chi connectivity index (χ2v) is 7.42. The van der Waals surface area contributed by atoms with Crippen LogP contribution in [0, 0.1) is 19.7 Å². The maximum atomic E-state index is 14.0. The van der Waals surface area contributed by atoms with Gasteiger partial charge in [-0.1, -0.05) is 6.07 Å². The molecule has 0 bridgehead atoms. The highest BCUT2D eigenvalue weighted by Crippen LogP contribution is 2.36. The summed E-state index contributed by atoms with van der Waals surface area (Å²) in [4.78, 5) is 16.6. The van der Waals surface area contributed by atoms with Gasteiger partial charge >= 0.3 is 12.4 Å². The van der Waals surface area contributed by atoms with Crippen LogP contribution in [-0.2, 0) is 23.6 Å².